The molecule has 1 aromatic rings. The van der Waals surface area contributed by atoms with Crippen LogP contribution in [0.15, 0.2) is 24.3 Å². The Morgan fingerprint density at radius 1 is 0.950 bits per heavy atom. The lowest BCUT2D eigenvalue weighted by atomic mass is 10.0. The smallest absolute Gasteiger partial charge is 0.242 e. The van der Waals surface area contributed by atoms with Crippen molar-refractivity contribution in [3.8, 4) is 0 Å². The average Bonchev–Trinajstić information content (AvgIpc) is 2.47. The minimum atomic E-state index is -0.170. The molecule has 0 saturated carbocycles. The second kappa shape index (κ2) is 6.02. The van der Waals surface area contributed by atoms with E-state index in [2.05, 4.69) is 0 Å². The van der Waals surface area contributed by atoms with Gasteiger partial charge in [0.15, 0.2) is 0 Å². The van der Waals surface area contributed by atoms with E-state index in [0.717, 1.165) is 0 Å². The van der Waals surface area contributed by atoms with E-state index in [-0.39, 0.29) is 35.7 Å². The number of rotatable bonds is 2. The van der Waals surface area contributed by atoms with Gasteiger partial charge in [-0.3, -0.25) is 9.59 Å². The van der Waals surface area contributed by atoms with Crippen LogP contribution in [0.1, 0.15) is 13.8 Å². The first-order valence-corrected chi connectivity index (χ1v) is 7.45. The second-order valence-electron chi connectivity index (χ2n) is 4.76. The number of anilines is 2. The van der Waals surface area contributed by atoms with E-state index in [1.165, 1.54) is 0 Å². The Labute approximate surface area is 128 Å². The predicted molar refractivity (Wildman–Crippen MR) is 81.8 cm³/mol. The summed E-state index contributed by atoms with van der Waals surface area (Å²) in [5.74, 6) is -0.517. The zero-order chi connectivity index (χ0) is 14.9. The maximum atomic E-state index is 12.1. The topological polar surface area (TPSA) is 40.6 Å². The molecular formula is C14H16Cl2N2O2. The molecule has 6 heteroatoms. The van der Waals surface area contributed by atoms with Crippen LogP contribution in [-0.2, 0) is 9.59 Å². The molecule has 20 heavy (non-hydrogen) atoms. The molecule has 0 fully saturated rings. The van der Waals surface area contributed by atoms with Crippen LogP contribution in [-0.4, -0.2) is 35.7 Å². The highest BCUT2D eigenvalue weighted by Crippen LogP contribution is 2.38. The number of amides is 2. The van der Waals surface area contributed by atoms with Crippen molar-refractivity contribution in [1.82, 2.24) is 0 Å². The summed E-state index contributed by atoms with van der Waals surface area (Å²) in [4.78, 5) is 27.5. The summed E-state index contributed by atoms with van der Waals surface area (Å²) >= 11 is 11.4. The number of benzene rings is 1. The van der Waals surface area contributed by atoms with Crippen LogP contribution < -0.4 is 9.80 Å². The minimum Gasteiger partial charge on any atom is -0.304 e. The van der Waals surface area contributed by atoms with Gasteiger partial charge in [0.25, 0.3) is 0 Å². The quantitative estimate of drug-likeness (QED) is 0.787. The monoisotopic (exact) mass is 314 g/mol. The fraction of sp³-hybridized carbons (Fsp3) is 0.429. The fourth-order valence-corrected chi connectivity index (χ4v) is 2.85. The summed E-state index contributed by atoms with van der Waals surface area (Å²) in [7, 11) is 0. The SMILES string of the molecule is C[C@H]1[C@H](C)N(C(=O)CCl)c2ccccc2N1C(=O)CCl. The molecular weight excluding hydrogens is 299 g/mol. The Morgan fingerprint density at radius 3 is 1.60 bits per heavy atom. The number of para-hydroxylation sites is 2. The molecule has 108 valence electrons. The Hall–Kier alpha value is -1.26. The summed E-state index contributed by atoms with van der Waals surface area (Å²) in [6.07, 6.45) is 0. The van der Waals surface area contributed by atoms with Crippen LogP contribution in [0.5, 0.6) is 0 Å². The molecule has 0 spiro atoms. The summed E-state index contributed by atoms with van der Waals surface area (Å²) in [5, 5.41) is 0. The van der Waals surface area contributed by atoms with Crippen molar-refractivity contribution in [2.45, 2.75) is 25.9 Å². The Balaban J connectivity index is 2.57. The van der Waals surface area contributed by atoms with E-state index in [4.69, 9.17) is 23.2 Å². The zero-order valence-corrected chi connectivity index (χ0v) is 12.9. The number of halogens is 2. The lowest BCUT2D eigenvalue weighted by molar-refractivity contribution is -0.119. The maximum absolute atomic E-state index is 12.1. The van der Waals surface area contributed by atoms with E-state index in [9.17, 15) is 9.59 Å². The van der Waals surface area contributed by atoms with E-state index in [0.29, 0.717) is 11.4 Å². The van der Waals surface area contributed by atoms with Crippen molar-refractivity contribution in [3.63, 3.8) is 0 Å². The second-order valence-corrected chi connectivity index (χ2v) is 5.30. The Bertz CT molecular complexity index is 489. The highest BCUT2D eigenvalue weighted by Gasteiger charge is 2.39. The molecule has 1 aliphatic heterocycles. The number of hydrogen-bond donors (Lipinski definition) is 0. The van der Waals surface area contributed by atoms with Gasteiger partial charge in [0.05, 0.1) is 23.5 Å². The van der Waals surface area contributed by atoms with Crippen molar-refractivity contribution in [1.29, 1.82) is 0 Å². The third kappa shape index (κ3) is 2.38. The van der Waals surface area contributed by atoms with Crippen molar-refractivity contribution < 1.29 is 9.59 Å². The van der Waals surface area contributed by atoms with E-state index in [1.54, 1.807) is 9.80 Å². The molecule has 2 amide bonds. The number of carbonyl (C=O) groups is 2. The summed E-state index contributed by atoms with van der Waals surface area (Å²) < 4.78 is 0. The molecule has 0 bridgehead atoms. The number of alkyl halides is 2. The summed E-state index contributed by atoms with van der Waals surface area (Å²) in [6, 6.07) is 6.97. The first-order valence-electron chi connectivity index (χ1n) is 6.38. The van der Waals surface area contributed by atoms with Gasteiger partial charge in [-0.05, 0) is 26.0 Å². The van der Waals surface area contributed by atoms with Crippen LogP contribution in [0.2, 0.25) is 0 Å². The van der Waals surface area contributed by atoms with E-state index in [1.807, 2.05) is 38.1 Å². The highest BCUT2D eigenvalue weighted by atomic mass is 35.5. The van der Waals surface area contributed by atoms with Gasteiger partial charge < -0.3 is 9.80 Å². The van der Waals surface area contributed by atoms with Gasteiger partial charge in [-0.25, -0.2) is 0 Å². The molecule has 2 rings (SSSR count). The predicted octanol–water partition coefficient (Wildman–Crippen LogP) is 2.62. The number of nitrogens with zero attached hydrogens (tertiary/aromatic N) is 2. The molecule has 1 heterocycles. The van der Waals surface area contributed by atoms with Crippen LogP contribution in [0.25, 0.3) is 0 Å². The lowest BCUT2D eigenvalue weighted by Gasteiger charge is -2.45. The van der Waals surface area contributed by atoms with E-state index >= 15 is 0 Å². The van der Waals surface area contributed by atoms with Crippen LogP contribution >= 0.6 is 23.2 Å². The maximum Gasteiger partial charge on any atom is 0.242 e. The molecule has 0 unspecified atom stereocenters. The molecule has 0 N–H and O–H groups in total. The van der Waals surface area contributed by atoms with Crippen LogP contribution in [0.4, 0.5) is 11.4 Å². The summed E-state index contributed by atoms with van der Waals surface area (Å²) in [6.45, 7) is 3.80. The van der Waals surface area contributed by atoms with Gasteiger partial charge in [0, 0.05) is 0 Å². The Kier molecular flexibility index (Phi) is 4.55. The molecule has 0 aliphatic carbocycles. The third-order valence-corrected chi connectivity index (χ3v) is 4.14. The molecule has 0 radical (unpaired) electrons. The van der Waals surface area contributed by atoms with Gasteiger partial charge in [-0.1, -0.05) is 12.1 Å². The lowest BCUT2D eigenvalue weighted by Crippen LogP contribution is -2.58. The van der Waals surface area contributed by atoms with Crippen molar-refractivity contribution >= 4 is 46.4 Å². The third-order valence-electron chi connectivity index (χ3n) is 3.68. The highest BCUT2D eigenvalue weighted by molar-refractivity contribution is 6.31. The number of hydrogen-bond acceptors (Lipinski definition) is 2. The minimum absolute atomic E-state index is 0.0884. The van der Waals surface area contributed by atoms with Crippen LogP contribution in [0, 0.1) is 0 Å². The normalized spacial score (nSPS) is 21.6. The van der Waals surface area contributed by atoms with Crippen molar-refractivity contribution in [3.05, 3.63) is 24.3 Å². The Morgan fingerprint density at radius 2 is 1.30 bits per heavy atom. The van der Waals surface area contributed by atoms with Crippen LogP contribution in [0.3, 0.4) is 0 Å². The van der Waals surface area contributed by atoms with Gasteiger partial charge in [0.2, 0.25) is 11.8 Å². The average molecular weight is 315 g/mol. The zero-order valence-electron chi connectivity index (χ0n) is 11.3. The van der Waals surface area contributed by atoms with Gasteiger partial charge in [-0.2, -0.15) is 0 Å². The fourth-order valence-electron chi connectivity index (χ4n) is 2.59. The summed E-state index contributed by atoms with van der Waals surface area (Å²) in [5.41, 5.74) is 1.39. The van der Waals surface area contributed by atoms with Crippen molar-refractivity contribution in [2.75, 3.05) is 21.6 Å². The molecule has 1 aliphatic rings. The first kappa shape index (κ1) is 15.1. The molecule has 0 saturated heterocycles. The number of fused-ring (bicyclic) bond motifs is 1. The molecule has 4 nitrogen and oxygen atoms in total. The molecule has 2 atom stereocenters. The van der Waals surface area contributed by atoms with Gasteiger partial charge in [0.1, 0.15) is 11.8 Å². The van der Waals surface area contributed by atoms with Gasteiger partial charge >= 0.3 is 0 Å². The standard InChI is InChI=1S/C14H16Cl2N2O2/c1-9-10(2)18(14(20)8-16)12-6-4-3-5-11(12)17(9)13(19)7-15/h3-6,9-10H,7-8H2,1-2H3/t9-,10-/m0/s1. The molecule has 1 aromatic carbocycles. The van der Waals surface area contributed by atoms with E-state index < -0.39 is 0 Å². The molecule has 0 aromatic heterocycles. The number of carbonyl (C=O) groups excluding carboxylic acids is 2. The van der Waals surface area contributed by atoms with Crippen molar-refractivity contribution in [2.24, 2.45) is 0 Å². The first-order chi connectivity index (χ1) is 9.52. The van der Waals surface area contributed by atoms with Gasteiger partial charge in [-0.15, -0.1) is 23.2 Å². The largest absolute Gasteiger partial charge is 0.304 e.